The molecule has 0 bridgehead atoms. The summed E-state index contributed by atoms with van der Waals surface area (Å²) in [5.41, 5.74) is 9.32. The highest BCUT2D eigenvalue weighted by Crippen LogP contribution is 2.24. The average molecular weight is 284 g/mol. The highest BCUT2D eigenvalue weighted by Gasteiger charge is 2.07. The normalized spacial score (nSPS) is 10.2. The molecule has 0 aliphatic heterocycles. The molecule has 110 valence electrons. The van der Waals surface area contributed by atoms with Crippen LogP contribution in [0.2, 0.25) is 0 Å². The van der Waals surface area contributed by atoms with Crippen LogP contribution in [0.1, 0.15) is 17.5 Å². The van der Waals surface area contributed by atoms with E-state index in [1.165, 1.54) is 5.56 Å². The van der Waals surface area contributed by atoms with E-state index >= 15 is 0 Å². The molecule has 2 aromatic rings. The molecule has 0 heterocycles. The molecule has 0 radical (unpaired) electrons. The summed E-state index contributed by atoms with van der Waals surface area (Å²) >= 11 is 0. The fourth-order valence-corrected chi connectivity index (χ4v) is 2.11. The lowest BCUT2D eigenvalue weighted by atomic mass is 10.1. The van der Waals surface area contributed by atoms with E-state index in [4.69, 9.17) is 10.5 Å². The van der Waals surface area contributed by atoms with Crippen LogP contribution in [0.4, 0.5) is 11.4 Å². The largest absolute Gasteiger partial charge is 0.497 e. The third kappa shape index (κ3) is 4.24. The number of nitrogens with two attached hydrogens (primary N) is 1. The predicted molar refractivity (Wildman–Crippen MR) is 85.5 cm³/mol. The zero-order chi connectivity index (χ0) is 15.2. The number of nitrogens with one attached hydrogen (secondary N) is 1. The lowest BCUT2D eigenvalue weighted by molar-refractivity contribution is -0.116. The zero-order valence-corrected chi connectivity index (χ0v) is 12.3. The molecular weight excluding hydrogens is 264 g/mol. The topological polar surface area (TPSA) is 64.3 Å². The molecule has 1 amide bonds. The van der Waals surface area contributed by atoms with Gasteiger partial charge in [-0.05, 0) is 31.0 Å². The number of rotatable bonds is 5. The van der Waals surface area contributed by atoms with Crippen LogP contribution < -0.4 is 15.8 Å². The Hall–Kier alpha value is -2.49. The lowest BCUT2D eigenvalue weighted by Gasteiger charge is -2.10. The van der Waals surface area contributed by atoms with Crippen molar-refractivity contribution >= 4 is 17.3 Å². The molecule has 2 rings (SSSR count). The number of carbonyl (C=O) groups is 1. The van der Waals surface area contributed by atoms with Crippen LogP contribution in [0, 0.1) is 6.92 Å². The molecule has 0 aliphatic rings. The maximum atomic E-state index is 12.0. The van der Waals surface area contributed by atoms with Crippen LogP contribution in [0.25, 0.3) is 0 Å². The highest BCUT2D eigenvalue weighted by atomic mass is 16.5. The number of nitrogen functional groups attached to an aromatic ring is 1. The lowest BCUT2D eigenvalue weighted by Crippen LogP contribution is -2.13. The van der Waals surface area contributed by atoms with Crippen molar-refractivity contribution in [2.24, 2.45) is 0 Å². The summed E-state index contributed by atoms with van der Waals surface area (Å²) in [5.74, 6) is 0.606. The third-order valence-electron chi connectivity index (χ3n) is 3.26. The Balaban J connectivity index is 1.96. The van der Waals surface area contributed by atoms with Crippen molar-refractivity contribution in [3.63, 3.8) is 0 Å². The molecule has 0 spiro atoms. The van der Waals surface area contributed by atoms with E-state index < -0.39 is 0 Å². The first-order valence-electron chi connectivity index (χ1n) is 6.87. The van der Waals surface area contributed by atoms with Crippen LogP contribution in [-0.4, -0.2) is 13.0 Å². The standard InChI is InChI=1S/C17H20N2O2/c1-12-4-3-5-13(10-12)6-9-17(20)19-16-11-14(21-2)7-8-15(16)18/h3-5,7-8,10-11H,6,9,18H2,1-2H3,(H,19,20). The molecule has 0 fully saturated rings. The average Bonchev–Trinajstić information content (AvgIpc) is 2.47. The number of hydrogen-bond donors (Lipinski definition) is 2. The predicted octanol–water partition coefficient (Wildman–Crippen LogP) is 3.16. The number of methoxy groups -OCH3 is 1. The number of carbonyl (C=O) groups excluding carboxylic acids is 1. The summed E-state index contributed by atoms with van der Waals surface area (Å²) in [4.78, 5) is 12.0. The van der Waals surface area contributed by atoms with Crippen LogP contribution in [-0.2, 0) is 11.2 Å². The van der Waals surface area contributed by atoms with Gasteiger partial charge in [-0.1, -0.05) is 29.8 Å². The molecule has 0 atom stereocenters. The van der Waals surface area contributed by atoms with Crippen LogP contribution in [0.3, 0.4) is 0 Å². The zero-order valence-electron chi connectivity index (χ0n) is 12.3. The van der Waals surface area contributed by atoms with Gasteiger partial charge in [-0.3, -0.25) is 4.79 Å². The van der Waals surface area contributed by atoms with Crippen molar-refractivity contribution in [3.05, 3.63) is 53.6 Å². The second-order valence-corrected chi connectivity index (χ2v) is 4.99. The maximum Gasteiger partial charge on any atom is 0.224 e. The summed E-state index contributed by atoms with van der Waals surface area (Å²) in [7, 11) is 1.58. The van der Waals surface area contributed by atoms with Gasteiger partial charge in [-0.2, -0.15) is 0 Å². The van der Waals surface area contributed by atoms with Gasteiger partial charge in [0.05, 0.1) is 18.5 Å². The monoisotopic (exact) mass is 284 g/mol. The Morgan fingerprint density at radius 2 is 2.05 bits per heavy atom. The van der Waals surface area contributed by atoms with E-state index in [1.54, 1.807) is 25.3 Å². The van der Waals surface area contributed by atoms with Crippen LogP contribution >= 0.6 is 0 Å². The molecule has 0 aromatic heterocycles. The van der Waals surface area contributed by atoms with Gasteiger partial charge in [0.2, 0.25) is 5.91 Å². The van der Waals surface area contributed by atoms with Crippen molar-refractivity contribution in [3.8, 4) is 5.75 Å². The molecular formula is C17H20N2O2. The fraction of sp³-hybridized carbons (Fsp3) is 0.235. The summed E-state index contributed by atoms with van der Waals surface area (Å²) in [6.07, 6.45) is 1.12. The molecule has 3 N–H and O–H groups in total. The summed E-state index contributed by atoms with van der Waals surface area (Å²) in [6.45, 7) is 2.04. The van der Waals surface area contributed by atoms with E-state index in [9.17, 15) is 4.79 Å². The quantitative estimate of drug-likeness (QED) is 0.829. The molecule has 0 saturated carbocycles. The second kappa shape index (κ2) is 6.79. The van der Waals surface area contributed by atoms with Gasteiger partial charge in [0, 0.05) is 12.5 Å². The SMILES string of the molecule is COc1ccc(N)c(NC(=O)CCc2cccc(C)c2)c1. The van der Waals surface area contributed by atoms with Crippen molar-refractivity contribution in [2.75, 3.05) is 18.2 Å². The Kier molecular flexibility index (Phi) is 4.82. The summed E-state index contributed by atoms with van der Waals surface area (Å²) in [5, 5.41) is 2.83. The van der Waals surface area contributed by atoms with Crippen molar-refractivity contribution in [1.29, 1.82) is 0 Å². The van der Waals surface area contributed by atoms with Gasteiger partial charge in [-0.25, -0.2) is 0 Å². The fourth-order valence-electron chi connectivity index (χ4n) is 2.11. The molecule has 4 nitrogen and oxygen atoms in total. The minimum absolute atomic E-state index is 0.0588. The van der Waals surface area contributed by atoms with E-state index in [0.29, 0.717) is 30.0 Å². The Bertz CT molecular complexity index is 638. The Morgan fingerprint density at radius 1 is 1.24 bits per heavy atom. The number of amides is 1. The van der Waals surface area contributed by atoms with E-state index in [-0.39, 0.29) is 5.91 Å². The molecule has 4 heteroatoms. The van der Waals surface area contributed by atoms with Crippen molar-refractivity contribution in [2.45, 2.75) is 19.8 Å². The maximum absolute atomic E-state index is 12.0. The van der Waals surface area contributed by atoms with Gasteiger partial charge in [-0.15, -0.1) is 0 Å². The summed E-state index contributed by atoms with van der Waals surface area (Å²) in [6, 6.07) is 13.4. The molecule has 21 heavy (non-hydrogen) atoms. The molecule has 0 saturated heterocycles. The number of anilines is 2. The van der Waals surface area contributed by atoms with Gasteiger partial charge in [0.1, 0.15) is 5.75 Å². The van der Waals surface area contributed by atoms with E-state index in [2.05, 4.69) is 11.4 Å². The van der Waals surface area contributed by atoms with Gasteiger partial charge < -0.3 is 15.8 Å². The first-order chi connectivity index (χ1) is 10.1. The Morgan fingerprint density at radius 3 is 2.76 bits per heavy atom. The number of benzene rings is 2. The van der Waals surface area contributed by atoms with Gasteiger partial charge >= 0.3 is 0 Å². The van der Waals surface area contributed by atoms with E-state index in [0.717, 1.165) is 5.56 Å². The number of ether oxygens (including phenoxy) is 1. The Labute approximate surface area is 124 Å². The molecule has 2 aromatic carbocycles. The molecule has 0 unspecified atom stereocenters. The second-order valence-electron chi connectivity index (χ2n) is 4.99. The van der Waals surface area contributed by atoms with Crippen LogP contribution in [0.5, 0.6) is 5.75 Å². The summed E-state index contributed by atoms with van der Waals surface area (Å²) < 4.78 is 5.13. The molecule has 0 aliphatic carbocycles. The first kappa shape index (κ1) is 14.9. The smallest absolute Gasteiger partial charge is 0.224 e. The van der Waals surface area contributed by atoms with E-state index in [1.807, 2.05) is 25.1 Å². The minimum Gasteiger partial charge on any atom is -0.497 e. The third-order valence-corrected chi connectivity index (χ3v) is 3.26. The van der Waals surface area contributed by atoms with Gasteiger partial charge in [0.25, 0.3) is 0 Å². The highest BCUT2D eigenvalue weighted by molar-refractivity contribution is 5.94. The minimum atomic E-state index is -0.0588. The van der Waals surface area contributed by atoms with Crippen LogP contribution in [0.15, 0.2) is 42.5 Å². The van der Waals surface area contributed by atoms with Crippen molar-refractivity contribution in [1.82, 2.24) is 0 Å². The number of hydrogen-bond acceptors (Lipinski definition) is 3. The first-order valence-corrected chi connectivity index (χ1v) is 6.87. The number of aryl methyl sites for hydroxylation is 2. The van der Waals surface area contributed by atoms with Gasteiger partial charge in [0.15, 0.2) is 0 Å². The van der Waals surface area contributed by atoms with Crippen molar-refractivity contribution < 1.29 is 9.53 Å².